The van der Waals surface area contributed by atoms with Crippen LogP contribution in [0.15, 0.2) is 29.1 Å². The molecule has 5 heteroatoms. The van der Waals surface area contributed by atoms with Gasteiger partial charge >= 0.3 is 5.69 Å². The summed E-state index contributed by atoms with van der Waals surface area (Å²) in [5.41, 5.74) is 1.48. The van der Waals surface area contributed by atoms with Gasteiger partial charge in [0.2, 0.25) is 0 Å². The third-order valence-corrected chi connectivity index (χ3v) is 2.66. The van der Waals surface area contributed by atoms with Gasteiger partial charge in [-0.3, -0.25) is 0 Å². The molecule has 0 spiro atoms. The predicted molar refractivity (Wildman–Crippen MR) is 61.7 cm³/mol. The molecular weight excluding hydrogens is 228 g/mol. The summed E-state index contributed by atoms with van der Waals surface area (Å²) in [6.07, 6.45) is -0.851. The van der Waals surface area contributed by atoms with Crippen LogP contribution in [0, 0.1) is 6.92 Å². The van der Waals surface area contributed by atoms with E-state index in [-0.39, 0.29) is 5.69 Å². The van der Waals surface area contributed by atoms with Gasteiger partial charge in [0.1, 0.15) is 6.10 Å². The van der Waals surface area contributed by atoms with Crippen LogP contribution in [0.3, 0.4) is 0 Å². The molecule has 0 fully saturated rings. The summed E-state index contributed by atoms with van der Waals surface area (Å²) in [6.45, 7) is 1.73. The van der Waals surface area contributed by atoms with E-state index >= 15 is 0 Å². The number of hydrogen-bond acceptors (Lipinski definition) is 2. The summed E-state index contributed by atoms with van der Waals surface area (Å²) in [4.78, 5) is 16.2. The number of aliphatic hydroxyl groups excluding tert-OH is 1. The number of nitrogens with one attached hydrogen (secondary N) is 2. The second-order valence-corrected chi connectivity index (χ2v) is 4.01. The first kappa shape index (κ1) is 11.0. The molecule has 0 amide bonds. The molecule has 1 aromatic heterocycles. The minimum Gasteiger partial charge on any atom is -0.382 e. The summed E-state index contributed by atoms with van der Waals surface area (Å²) in [6, 6.07) is 6.83. The lowest BCUT2D eigenvalue weighted by molar-refractivity contribution is 0.215. The minimum absolute atomic E-state index is 0.319. The van der Waals surface area contributed by atoms with Crippen LogP contribution in [-0.2, 0) is 0 Å². The average molecular weight is 239 g/mol. The molecule has 0 saturated heterocycles. The van der Waals surface area contributed by atoms with Crippen LogP contribution in [0.25, 0.3) is 0 Å². The van der Waals surface area contributed by atoms with E-state index in [1.54, 1.807) is 31.2 Å². The van der Waals surface area contributed by atoms with Crippen molar-refractivity contribution in [2.45, 2.75) is 13.0 Å². The van der Waals surface area contributed by atoms with Crippen molar-refractivity contribution in [3.63, 3.8) is 0 Å². The number of benzene rings is 1. The summed E-state index contributed by atoms with van der Waals surface area (Å²) in [5.74, 6) is 0. The molecule has 1 unspecified atom stereocenters. The molecule has 16 heavy (non-hydrogen) atoms. The van der Waals surface area contributed by atoms with Crippen molar-refractivity contribution in [1.29, 1.82) is 0 Å². The van der Waals surface area contributed by atoms with Gasteiger partial charge in [-0.2, -0.15) is 0 Å². The van der Waals surface area contributed by atoms with E-state index < -0.39 is 6.10 Å². The maximum atomic E-state index is 11.1. The van der Waals surface area contributed by atoms with Gasteiger partial charge in [0.05, 0.1) is 5.69 Å². The van der Waals surface area contributed by atoms with E-state index in [4.69, 9.17) is 11.6 Å². The highest BCUT2D eigenvalue weighted by Crippen LogP contribution is 2.22. The molecule has 1 heterocycles. The Morgan fingerprint density at radius 2 is 1.88 bits per heavy atom. The number of rotatable bonds is 2. The van der Waals surface area contributed by atoms with Crippen molar-refractivity contribution in [1.82, 2.24) is 9.97 Å². The second kappa shape index (κ2) is 4.15. The Hall–Kier alpha value is -1.52. The second-order valence-electron chi connectivity index (χ2n) is 3.57. The van der Waals surface area contributed by atoms with Gasteiger partial charge in [-0.15, -0.1) is 0 Å². The van der Waals surface area contributed by atoms with Crippen molar-refractivity contribution in [3.8, 4) is 0 Å². The number of aromatic amines is 2. The molecule has 0 bridgehead atoms. The monoisotopic (exact) mass is 238 g/mol. The van der Waals surface area contributed by atoms with E-state index in [1.165, 1.54) is 0 Å². The molecule has 2 rings (SSSR count). The Morgan fingerprint density at radius 3 is 2.38 bits per heavy atom. The van der Waals surface area contributed by atoms with Gasteiger partial charge in [-0.25, -0.2) is 4.79 Å². The number of hydrogen-bond donors (Lipinski definition) is 3. The largest absolute Gasteiger partial charge is 0.382 e. The van der Waals surface area contributed by atoms with Gasteiger partial charge in [0.15, 0.2) is 0 Å². The summed E-state index contributed by atoms with van der Waals surface area (Å²) >= 11 is 5.75. The molecule has 4 nitrogen and oxygen atoms in total. The van der Waals surface area contributed by atoms with E-state index in [0.717, 1.165) is 0 Å². The lowest BCUT2D eigenvalue weighted by Gasteiger charge is -2.09. The first-order chi connectivity index (χ1) is 7.58. The Kier molecular flexibility index (Phi) is 2.85. The van der Waals surface area contributed by atoms with Crippen molar-refractivity contribution in [2.75, 3.05) is 0 Å². The number of imidazole rings is 1. The predicted octanol–water partition coefficient (Wildman–Crippen LogP) is 1.75. The van der Waals surface area contributed by atoms with Gasteiger partial charge in [-0.1, -0.05) is 23.7 Å². The van der Waals surface area contributed by atoms with Crippen molar-refractivity contribution in [3.05, 3.63) is 56.7 Å². The fraction of sp³-hybridized carbons (Fsp3) is 0.182. The molecule has 0 aliphatic carbocycles. The average Bonchev–Trinajstić information content (AvgIpc) is 2.58. The quantitative estimate of drug-likeness (QED) is 0.746. The third-order valence-electron chi connectivity index (χ3n) is 2.41. The fourth-order valence-corrected chi connectivity index (χ4v) is 1.70. The molecule has 1 atom stereocenters. The maximum Gasteiger partial charge on any atom is 0.323 e. The fourth-order valence-electron chi connectivity index (χ4n) is 1.57. The van der Waals surface area contributed by atoms with E-state index in [2.05, 4.69) is 9.97 Å². The molecular formula is C11H11ClN2O2. The number of H-pyrrole nitrogens is 2. The molecule has 0 saturated carbocycles. The van der Waals surface area contributed by atoms with Gasteiger partial charge < -0.3 is 15.1 Å². The zero-order chi connectivity index (χ0) is 11.7. The number of aromatic nitrogens is 2. The van der Waals surface area contributed by atoms with Crippen LogP contribution in [0.2, 0.25) is 5.02 Å². The van der Waals surface area contributed by atoms with Crippen LogP contribution < -0.4 is 5.69 Å². The summed E-state index contributed by atoms with van der Waals surface area (Å²) < 4.78 is 0. The highest BCUT2D eigenvalue weighted by Gasteiger charge is 2.15. The molecule has 3 N–H and O–H groups in total. The number of aliphatic hydroxyl groups is 1. The standard InChI is InChI=1S/C11H11ClN2O2/c1-6-9(14-11(16)13-6)10(15)7-2-4-8(12)5-3-7/h2-5,10,15H,1H3,(H2,13,14,16). The Labute approximate surface area is 96.9 Å². The zero-order valence-corrected chi connectivity index (χ0v) is 9.38. The van der Waals surface area contributed by atoms with Crippen molar-refractivity contribution in [2.24, 2.45) is 0 Å². The highest BCUT2D eigenvalue weighted by molar-refractivity contribution is 6.30. The normalized spacial score (nSPS) is 12.7. The van der Waals surface area contributed by atoms with Crippen LogP contribution in [0.4, 0.5) is 0 Å². The Bertz CT molecular complexity index is 542. The molecule has 0 radical (unpaired) electrons. The van der Waals surface area contributed by atoms with E-state index in [0.29, 0.717) is 22.0 Å². The topological polar surface area (TPSA) is 68.9 Å². The first-order valence-electron chi connectivity index (χ1n) is 4.80. The smallest absolute Gasteiger partial charge is 0.323 e. The molecule has 0 aliphatic heterocycles. The SMILES string of the molecule is Cc1[nH]c(=O)[nH]c1C(O)c1ccc(Cl)cc1. The number of halogens is 1. The van der Waals surface area contributed by atoms with E-state index in [1.807, 2.05) is 0 Å². The highest BCUT2D eigenvalue weighted by atomic mass is 35.5. The van der Waals surface area contributed by atoms with Gasteiger partial charge in [-0.05, 0) is 24.6 Å². The molecule has 1 aromatic carbocycles. The lowest BCUT2D eigenvalue weighted by Crippen LogP contribution is -2.05. The molecule has 0 aliphatic rings. The third kappa shape index (κ3) is 2.03. The molecule has 2 aromatic rings. The van der Waals surface area contributed by atoms with Crippen LogP contribution >= 0.6 is 11.6 Å². The van der Waals surface area contributed by atoms with Gasteiger partial charge in [0.25, 0.3) is 0 Å². The minimum atomic E-state index is -0.851. The Balaban J connectivity index is 2.38. The van der Waals surface area contributed by atoms with Crippen LogP contribution in [-0.4, -0.2) is 15.1 Å². The van der Waals surface area contributed by atoms with Crippen molar-refractivity contribution >= 4 is 11.6 Å². The van der Waals surface area contributed by atoms with Crippen molar-refractivity contribution < 1.29 is 5.11 Å². The van der Waals surface area contributed by atoms with Gasteiger partial charge in [0, 0.05) is 10.7 Å². The summed E-state index contributed by atoms with van der Waals surface area (Å²) in [5, 5.41) is 10.7. The summed E-state index contributed by atoms with van der Waals surface area (Å²) in [7, 11) is 0. The maximum absolute atomic E-state index is 11.1. The number of aryl methyl sites for hydroxylation is 1. The zero-order valence-electron chi connectivity index (χ0n) is 8.62. The first-order valence-corrected chi connectivity index (χ1v) is 5.18. The van der Waals surface area contributed by atoms with Crippen LogP contribution in [0.1, 0.15) is 23.1 Å². The lowest BCUT2D eigenvalue weighted by atomic mass is 10.1. The molecule has 84 valence electrons. The van der Waals surface area contributed by atoms with Crippen LogP contribution in [0.5, 0.6) is 0 Å². The Morgan fingerprint density at radius 1 is 1.25 bits per heavy atom. The van der Waals surface area contributed by atoms with E-state index in [9.17, 15) is 9.90 Å².